The molecule has 1 atom stereocenters. The Balaban J connectivity index is 1.88. The van der Waals surface area contributed by atoms with Crippen LogP contribution in [0.1, 0.15) is 36.0 Å². The summed E-state index contributed by atoms with van der Waals surface area (Å²) in [5, 5.41) is 12.2. The summed E-state index contributed by atoms with van der Waals surface area (Å²) in [6.45, 7) is 1.58. The molecule has 1 fully saturated rings. The molecule has 1 aromatic carbocycles. The van der Waals surface area contributed by atoms with E-state index in [4.69, 9.17) is 15.6 Å². The topological polar surface area (TPSA) is 84.6 Å². The third-order valence-corrected chi connectivity index (χ3v) is 3.39. The predicted molar refractivity (Wildman–Crippen MR) is 74.5 cm³/mol. The van der Waals surface area contributed by atoms with Gasteiger partial charge in [0.05, 0.1) is 23.0 Å². The summed E-state index contributed by atoms with van der Waals surface area (Å²) >= 11 is 0. The molecular formula is C14H20N2O3. The molecule has 0 amide bonds. The first-order valence-electron chi connectivity index (χ1n) is 6.65. The van der Waals surface area contributed by atoms with E-state index in [0.717, 1.165) is 32.4 Å². The van der Waals surface area contributed by atoms with E-state index in [0.29, 0.717) is 17.5 Å². The lowest BCUT2D eigenvalue weighted by atomic mass is 10.1. The lowest BCUT2D eigenvalue weighted by molar-refractivity contribution is 0.0134. The van der Waals surface area contributed by atoms with Crippen LogP contribution in [0.5, 0.6) is 0 Å². The third-order valence-electron chi connectivity index (χ3n) is 3.39. The van der Waals surface area contributed by atoms with Crippen LogP contribution in [-0.4, -0.2) is 30.3 Å². The number of hydrogen-bond acceptors (Lipinski definition) is 4. The van der Waals surface area contributed by atoms with Gasteiger partial charge in [-0.25, -0.2) is 4.79 Å². The molecule has 1 aliphatic heterocycles. The summed E-state index contributed by atoms with van der Waals surface area (Å²) in [5.41, 5.74) is 6.93. The third kappa shape index (κ3) is 3.61. The van der Waals surface area contributed by atoms with Crippen molar-refractivity contribution < 1.29 is 14.6 Å². The van der Waals surface area contributed by atoms with Crippen LogP contribution in [0.4, 0.5) is 11.4 Å². The van der Waals surface area contributed by atoms with Crippen LogP contribution in [0.25, 0.3) is 0 Å². The van der Waals surface area contributed by atoms with Gasteiger partial charge >= 0.3 is 5.97 Å². The van der Waals surface area contributed by atoms with Crippen molar-refractivity contribution in [2.24, 2.45) is 0 Å². The molecule has 2 rings (SSSR count). The van der Waals surface area contributed by atoms with Crippen LogP contribution >= 0.6 is 0 Å². The highest BCUT2D eigenvalue weighted by Crippen LogP contribution is 2.23. The molecule has 5 heteroatoms. The zero-order valence-electron chi connectivity index (χ0n) is 10.9. The van der Waals surface area contributed by atoms with E-state index in [-0.39, 0.29) is 5.56 Å². The molecule has 1 heterocycles. The molecule has 0 aromatic heterocycles. The molecule has 5 nitrogen and oxygen atoms in total. The van der Waals surface area contributed by atoms with Crippen LogP contribution < -0.4 is 11.1 Å². The van der Waals surface area contributed by atoms with Crippen LogP contribution in [0.3, 0.4) is 0 Å². The van der Waals surface area contributed by atoms with E-state index < -0.39 is 5.97 Å². The summed E-state index contributed by atoms with van der Waals surface area (Å²) < 4.78 is 5.64. The number of anilines is 2. The van der Waals surface area contributed by atoms with Gasteiger partial charge < -0.3 is 20.9 Å². The number of carbonyl (C=O) groups is 1. The van der Waals surface area contributed by atoms with Gasteiger partial charge in [0.15, 0.2) is 0 Å². The number of aromatic carboxylic acids is 1. The molecule has 0 bridgehead atoms. The van der Waals surface area contributed by atoms with Gasteiger partial charge in [-0.2, -0.15) is 0 Å². The van der Waals surface area contributed by atoms with Crippen LogP contribution in [0.2, 0.25) is 0 Å². The van der Waals surface area contributed by atoms with Gasteiger partial charge in [0.25, 0.3) is 0 Å². The van der Waals surface area contributed by atoms with E-state index >= 15 is 0 Å². The number of benzene rings is 1. The maximum atomic E-state index is 11.0. The summed E-state index contributed by atoms with van der Waals surface area (Å²) in [4.78, 5) is 11.0. The Morgan fingerprint density at radius 2 is 2.32 bits per heavy atom. The minimum Gasteiger partial charge on any atom is -0.478 e. The number of ether oxygens (including phenoxy) is 1. The SMILES string of the molecule is Nc1c(NCCC2CCCCO2)cccc1C(=O)O. The minimum absolute atomic E-state index is 0.138. The number of nitrogen functional groups attached to an aromatic ring is 1. The smallest absolute Gasteiger partial charge is 0.337 e. The summed E-state index contributed by atoms with van der Waals surface area (Å²) in [7, 11) is 0. The lowest BCUT2D eigenvalue weighted by Crippen LogP contribution is -2.22. The fraction of sp³-hybridized carbons (Fsp3) is 0.500. The molecule has 1 unspecified atom stereocenters. The number of nitrogens with two attached hydrogens (primary N) is 1. The Kier molecular flexibility index (Phi) is 4.63. The molecular weight excluding hydrogens is 244 g/mol. The molecule has 1 aliphatic rings. The quantitative estimate of drug-likeness (QED) is 0.711. The predicted octanol–water partition coefficient (Wildman–Crippen LogP) is 2.34. The van der Waals surface area contributed by atoms with Crippen molar-refractivity contribution in [1.29, 1.82) is 0 Å². The van der Waals surface area contributed by atoms with Crippen LogP contribution in [-0.2, 0) is 4.74 Å². The molecule has 0 radical (unpaired) electrons. The van der Waals surface area contributed by atoms with Gasteiger partial charge in [0.2, 0.25) is 0 Å². The van der Waals surface area contributed by atoms with Gasteiger partial charge in [-0.3, -0.25) is 0 Å². The first kappa shape index (κ1) is 13.7. The van der Waals surface area contributed by atoms with Gasteiger partial charge in [-0.15, -0.1) is 0 Å². The van der Waals surface area contributed by atoms with E-state index in [9.17, 15) is 4.79 Å². The van der Waals surface area contributed by atoms with E-state index in [1.165, 1.54) is 12.5 Å². The molecule has 4 N–H and O–H groups in total. The average molecular weight is 264 g/mol. The number of hydrogen-bond donors (Lipinski definition) is 3. The van der Waals surface area contributed by atoms with Crippen molar-refractivity contribution in [1.82, 2.24) is 0 Å². The fourth-order valence-corrected chi connectivity index (χ4v) is 2.31. The molecule has 104 valence electrons. The largest absolute Gasteiger partial charge is 0.478 e. The zero-order chi connectivity index (χ0) is 13.7. The minimum atomic E-state index is -1.00. The van der Waals surface area contributed by atoms with Crippen molar-refractivity contribution in [2.45, 2.75) is 31.8 Å². The van der Waals surface area contributed by atoms with Gasteiger partial charge in [0.1, 0.15) is 0 Å². The number of rotatable bonds is 5. The van der Waals surface area contributed by atoms with Crippen molar-refractivity contribution in [3.63, 3.8) is 0 Å². The fourth-order valence-electron chi connectivity index (χ4n) is 2.31. The Hall–Kier alpha value is -1.75. The number of para-hydroxylation sites is 1. The lowest BCUT2D eigenvalue weighted by Gasteiger charge is -2.23. The molecule has 0 aliphatic carbocycles. The average Bonchev–Trinajstić information content (AvgIpc) is 2.41. The standard InChI is InChI=1S/C14H20N2O3/c15-13-11(14(17)18)5-3-6-12(13)16-8-7-10-4-1-2-9-19-10/h3,5-6,10,16H,1-2,4,7-9,15H2,(H,17,18). The summed E-state index contributed by atoms with van der Waals surface area (Å²) in [6.07, 6.45) is 4.70. The highest BCUT2D eigenvalue weighted by Gasteiger charge is 2.14. The maximum absolute atomic E-state index is 11.0. The Morgan fingerprint density at radius 1 is 1.47 bits per heavy atom. The first-order chi connectivity index (χ1) is 9.18. The van der Waals surface area contributed by atoms with Crippen LogP contribution in [0, 0.1) is 0 Å². The van der Waals surface area contributed by atoms with Crippen LogP contribution in [0.15, 0.2) is 18.2 Å². The number of carboxylic acid groups (broad SMARTS) is 1. The van der Waals surface area contributed by atoms with Crippen molar-refractivity contribution >= 4 is 17.3 Å². The number of nitrogens with one attached hydrogen (secondary N) is 1. The number of carboxylic acids is 1. The van der Waals surface area contributed by atoms with E-state index in [1.54, 1.807) is 12.1 Å². The van der Waals surface area contributed by atoms with Crippen molar-refractivity contribution in [3.8, 4) is 0 Å². The van der Waals surface area contributed by atoms with E-state index in [2.05, 4.69) is 5.32 Å². The van der Waals surface area contributed by atoms with Crippen molar-refractivity contribution in [3.05, 3.63) is 23.8 Å². The Bertz CT molecular complexity index is 442. The van der Waals surface area contributed by atoms with E-state index in [1.807, 2.05) is 0 Å². The Morgan fingerprint density at radius 3 is 3.00 bits per heavy atom. The van der Waals surface area contributed by atoms with Gasteiger partial charge in [-0.05, 0) is 37.8 Å². The second kappa shape index (κ2) is 6.43. The maximum Gasteiger partial charge on any atom is 0.337 e. The van der Waals surface area contributed by atoms with Gasteiger partial charge in [-0.1, -0.05) is 6.07 Å². The summed E-state index contributed by atoms with van der Waals surface area (Å²) in [6, 6.07) is 5.00. The molecule has 0 spiro atoms. The second-order valence-electron chi connectivity index (χ2n) is 4.78. The zero-order valence-corrected chi connectivity index (χ0v) is 10.9. The van der Waals surface area contributed by atoms with Gasteiger partial charge in [0, 0.05) is 13.2 Å². The summed E-state index contributed by atoms with van der Waals surface area (Å²) in [5.74, 6) is -1.00. The highest BCUT2D eigenvalue weighted by atomic mass is 16.5. The molecule has 19 heavy (non-hydrogen) atoms. The molecule has 1 saturated heterocycles. The first-order valence-corrected chi connectivity index (χ1v) is 6.65. The molecule has 0 saturated carbocycles. The molecule has 1 aromatic rings. The Labute approximate surface area is 112 Å². The normalized spacial score (nSPS) is 19.1. The van der Waals surface area contributed by atoms with Crippen molar-refractivity contribution in [2.75, 3.05) is 24.2 Å². The monoisotopic (exact) mass is 264 g/mol. The highest BCUT2D eigenvalue weighted by molar-refractivity contribution is 5.97. The second-order valence-corrected chi connectivity index (χ2v) is 4.78.